The Hall–Kier alpha value is -1.92. The van der Waals surface area contributed by atoms with Crippen LogP contribution in [-0.2, 0) is 10.2 Å². The lowest BCUT2D eigenvalue weighted by Crippen LogP contribution is -2.48. The second-order valence-electron chi connectivity index (χ2n) is 6.11. The van der Waals surface area contributed by atoms with Crippen LogP contribution in [0.4, 0.5) is 0 Å². The third kappa shape index (κ3) is 2.81. The fourth-order valence-corrected chi connectivity index (χ4v) is 2.25. The molecule has 1 aromatic rings. The zero-order valence-corrected chi connectivity index (χ0v) is 12.0. The molecule has 0 bridgehead atoms. The number of aromatic amines is 1. The summed E-state index contributed by atoms with van der Waals surface area (Å²) in [5.74, 6) is -0.721. The van der Waals surface area contributed by atoms with Crippen LogP contribution >= 0.6 is 0 Å². The van der Waals surface area contributed by atoms with Gasteiger partial charge >= 0.3 is 5.97 Å². The first-order valence-corrected chi connectivity index (χ1v) is 6.77. The standard InChI is InChI=1S/C13H20N4O3/c1-13(2,3)12-14-9(15-16-12)10(18)17-7-5-4-6-8(17)11(19)20/h8H,4-7H2,1-3H3,(H,19,20)(H,14,15,16)/t8-/m1/s1. The van der Waals surface area contributed by atoms with E-state index in [0.29, 0.717) is 18.8 Å². The number of aromatic nitrogens is 3. The summed E-state index contributed by atoms with van der Waals surface area (Å²) >= 11 is 0. The number of nitrogens with zero attached hydrogens (tertiary/aromatic N) is 3. The van der Waals surface area contributed by atoms with Crippen LogP contribution in [0.3, 0.4) is 0 Å². The Balaban J connectivity index is 2.21. The summed E-state index contributed by atoms with van der Waals surface area (Å²) in [6, 6.07) is -0.771. The Labute approximate surface area is 117 Å². The van der Waals surface area contributed by atoms with Gasteiger partial charge in [-0.05, 0) is 19.3 Å². The topological polar surface area (TPSA) is 99.2 Å². The van der Waals surface area contributed by atoms with E-state index < -0.39 is 17.9 Å². The molecule has 7 heteroatoms. The van der Waals surface area contributed by atoms with Gasteiger partial charge in [-0.2, -0.15) is 0 Å². The highest BCUT2D eigenvalue weighted by molar-refractivity contribution is 5.93. The van der Waals surface area contributed by atoms with Crippen molar-refractivity contribution in [3.8, 4) is 0 Å². The molecule has 1 aliphatic heterocycles. The van der Waals surface area contributed by atoms with E-state index in [4.69, 9.17) is 0 Å². The van der Waals surface area contributed by atoms with E-state index in [2.05, 4.69) is 15.2 Å². The van der Waals surface area contributed by atoms with Crippen molar-refractivity contribution in [2.24, 2.45) is 0 Å². The summed E-state index contributed by atoms with van der Waals surface area (Å²) in [6.45, 7) is 6.32. The lowest BCUT2D eigenvalue weighted by atomic mass is 9.96. The number of carbonyl (C=O) groups excluding carboxylic acids is 1. The number of aliphatic carboxylic acids is 1. The normalized spacial score (nSPS) is 19.9. The molecule has 2 rings (SSSR count). The number of carboxylic acid groups (broad SMARTS) is 1. The van der Waals surface area contributed by atoms with Gasteiger partial charge in [0, 0.05) is 12.0 Å². The molecule has 1 aliphatic rings. The number of carbonyl (C=O) groups is 2. The molecule has 110 valence electrons. The van der Waals surface area contributed by atoms with E-state index in [9.17, 15) is 14.7 Å². The van der Waals surface area contributed by atoms with Crippen LogP contribution in [0.5, 0.6) is 0 Å². The number of hydrogen-bond donors (Lipinski definition) is 2. The Kier molecular flexibility index (Phi) is 3.78. The number of nitrogens with one attached hydrogen (secondary N) is 1. The highest BCUT2D eigenvalue weighted by atomic mass is 16.4. The highest BCUT2D eigenvalue weighted by Crippen LogP contribution is 2.21. The fraction of sp³-hybridized carbons (Fsp3) is 0.692. The number of rotatable bonds is 2. The lowest BCUT2D eigenvalue weighted by molar-refractivity contribution is -0.143. The van der Waals surface area contributed by atoms with Gasteiger partial charge in [0.2, 0.25) is 5.82 Å². The third-order valence-corrected chi connectivity index (χ3v) is 3.44. The largest absolute Gasteiger partial charge is 0.480 e. The van der Waals surface area contributed by atoms with Gasteiger partial charge in [0.25, 0.3) is 5.91 Å². The summed E-state index contributed by atoms with van der Waals surface area (Å²) in [7, 11) is 0. The average Bonchev–Trinajstić information content (AvgIpc) is 2.87. The van der Waals surface area contributed by atoms with Crippen molar-refractivity contribution in [3.63, 3.8) is 0 Å². The zero-order chi connectivity index (χ0) is 14.9. The first kappa shape index (κ1) is 14.5. The molecule has 1 fully saturated rings. The van der Waals surface area contributed by atoms with Gasteiger partial charge < -0.3 is 10.0 Å². The Morgan fingerprint density at radius 1 is 1.35 bits per heavy atom. The third-order valence-electron chi connectivity index (χ3n) is 3.44. The second-order valence-corrected chi connectivity index (χ2v) is 6.11. The van der Waals surface area contributed by atoms with Crippen molar-refractivity contribution in [3.05, 3.63) is 11.6 Å². The summed E-state index contributed by atoms with van der Waals surface area (Å²) < 4.78 is 0. The maximum absolute atomic E-state index is 12.4. The molecule has 1 atom stereocenters. The molecule has 1 aromatic heterocycles. The summed E-state index contributed by atoms with van der Waals surface area (Å²) in [4.78, 5) is 29.2. The van der Waals surface area contributed by atoms with Crippen molar-refractivity contribution in [2.45, 2.75) is 51.5 Å². The van der Waals surface area contributed by atoms with Gasteiger partial charge in [-0.1, -0.05) is 20.8 Å². The predicted molar refractivity (Wildman–Crippen MR) is 71.4 cm³/mol. The van der Waals surface area contributed by atoms with Gasteiger partial charge in [0.1, 0.15) is 11.9 Å². The van der Waals surface area contributed by atoms with Gasteiger partial charge in [0.15, 0.2) is 0 Å². The fourth-order valence-electron chi connectivity index (χ4n) is 2.25. The van der Waals surface area contributed by atoms with Crippen molar-refractivity contribution in [1.29, 1.82) is 0 Å². The number of carboxylic acids is 1. The molecule has 2 N–H and O–H groups in total. The Bertz CT molecular complexity index is 518. The molecule has 0 saturated carbocycles. The zero-order valence-electron chi connectivity index (χ0n) is 12.0. The van der Waals surface area contributed by atoms with Crippen molar-refractivity contribution in [1.82, 2.24) is 20.1 Å². The quantitative estimate of drug-likeness (QED) is 0.847. The van der Waals surface area contributed by atoms with Crippen LogP contribution in [0.1, 0.15) is 56.5 Å². The van der Waals surface area contributed by atoms with Crippen LogP contribution < -0.4 is 0 Å². The molecule has 0 unspecified atom stereocenters. The van der Waals surface area contributed by atoms with Crippen LogP contribution in [0.15, 0.2) is 0 Å². The monoisotopic (exact) mass is 280 g/mol. The Morgan fingerprint density at radius 3 is 2.60 bits per heavy atom. The number of piperidine rings is 1. The van der Waals surface area contributed by atoms with E-state index >= 15 is 0 Å². The molecular formula is C13H20N4O3. The predicted octanol–water partition coefficient (Wildman–Crippen LogP) is 1.18. The molecule has 2 heterocycles. The van der Waals surface area contributed by atoms with Crippen molar-refractivity contribution >= 4 is 11.9 Å². The van der Waals surface area contributed by atoms with E-state index in [0.717, 1.165) is 12.8 Å². The lowest BCUT2D eigenvalue weighted by Gasteiger charge is -2.31. The van der Waals surface area contributed by atoms with Gasteiger partial charge in [0.05, 0.1) is 0 Å². The smallest absolute Gasteiger partial charge is 0.326 e. The minimum atomic E-state index is -0.968. The number of H-pyrrole nitrogens is 1. The molecule has 0 aromatic carbocycles. The first-order valence-electron chi connectivity index (χ1n) is 6.77. The second kappa shape index (κ2) is 5.22. The SMILES string of the molecule is CC(C)(C)c1nc(C(=O)N2CCCC[C@@H]2C(=O)O)n[nH]1. The minimum absolute atomic E-state index is 0.0445. The van der Waals surface area contributed by atoms with E-state index in [1.54, 1.807) is 0 Å². The minimum Gasteiger partial charge on any atom is -0.480 e. The molecule has 1 saturated heterocycles. The Morgan fingerprint density at radius 2 is 2.05 bits per heavy atom. The molecule has 7 nitrogen and oxygen atoms in total. The number of hydrogen-bond acceptors (Lipinski definition) is 4. The van der Waals surface area contributed by atoms with Crippen molar-refractivity contribution < 1.29 is 14.7 Å². The van der Waals surface area contributed by atoms with E-state index in [1.807, 2.05) is 20.8 Å². The highest BCUT2D eigenvalue weighted by Gasteiger charge is 2.34. The van der Waals surface area contributed by atoms with E-state index in [1.165, 1.54) is 4.90 Å². The molecule has 0 spiro atoms. The molecule has 20 heavy (non-hydrogen) atoms. The van der Waals surface area contributed by atoms with Crippen LogP contribution in [-0.4, -0.2) is 49.7 Å². The maximum atomic E-state index is 12.4. The maximum Gasteiger partial charge on any atom is 0.326 e. The summed E-state index contributed by atoms with van der Waals surface area (Å²) in [6.07, 6.45) is 2.12. The van der Waals surface area contributed by atoms with Gasteiger partial charge in [-0.15, -0.1) is 5.10 Å². The molecule has 0 aliphatic carbocycles. The summed E-state index contributed by atoms with van der Waals surface area (Å²) in [5.41, 5.74) is -0.236. The first-order chi connectivity index (χ1) is 9.30. The molecular weight excluding hydrogens is 260 g/mol. The van der Waals surface area contributed by atoms with Crippen LogP contribution in [0.25, 0.3) is 0 Å². The average molecular weight is 280 g/mol. The summed E-state index contributed by atoms with van der Waals surface area (Å²) in [5, 5.41) is 15.9. The molecule has 0 radical (unpaired) electrons. The van der Waals surface area contributed by atoms with Gasteiger partial charge in [-0.3, -0.25) is 9.89 Å². The van der Waals surface area contributed by atoms with Crippen molar-refractivity contribution in [2.75, 3.05) is 6.54 Å². The number of likely N-dealkylation sites (tertiary alicyclic amines) is 1. The number of amides is 1. The van der Waals surface area contributed by atoms with Crippen LogP contribution in [0, 0.1) is 0 Å². The van der Waals surface area contributed by atoms with Crippen LogP contribution in [0.2, 0.25) is 0 Å². The van der Waals surface area contributed by atoms with E-state index in [-0.39, 0.29) is 11.2 Å². The van der Waals surface area contributed by atoms with Gasteiger partial charge in [-0.25, -0.2) is 9.78 Å². The molecule has 1 amide bonds.